The number of carbonyl (C=O) groups excluding carboxylic acids is 2. The molecule has 2 aromatic rings. The Kier molecular flexibility index (Phi) is 5.71. The van der Waals surface area contributed by atoms with Crippen molar-refractivity contribution < 1.29 is 37.4 Å². The van der Waals surface area contributed by atoms with Gasteiger partial charge in [0, 0.05) is 19.6 Å². The number of hydrogen-bond acceptors (Lipinski definition) is 10. The van der Waals surface area contributed by atoms with Crippen LogP contribution in [0.2, 0.25) is 0 Å². The van der Waals surface area contributed by atoms with Gasteiger partial charge in [0.25, 0.3) is 5.91 Å². The maximum absolute atomic E-state index is 12.8. The minimum absolute atomic E-state index is 0.0119. The highest BCUT2D eigenvalue weighted by atomic mass is 32.2. The van der Waals surface area contributed by atoms with Crippen molar-refractivity contribution in [3.05, 3.63) is 46.8 Å². The molecule has 0 radical (unpaired) electrons. The molecule has 0 unspecified atom stereocenters. The number of nitrogens with zero attached hydrogens (tertiary/aromatic N) is 5. The normalized spacial score (nSPS) is 21.4. The number of esters is 1. The maximum atomic E-state index is 12.8. The van der Waals surface area contributed by atoms with Crippen molar-refractivity contribution in [2.24, 2.45) is 0 Å². The van der Waals surface area contributed by atoms with Crippen molar-refractivity contribution >= 4 is 33.4 Å². The first-order valence-corrected chi connectivity index (χ1v) is 11.4. The predicted octanol–water partition coefficient (Wildman–Crippen LogP) is -0.694. The first-order chi connectivity index (χ1) is 15.6. The summed E-state index contributed by atoms with van der Waals surface area (Å²) in [6.45, 7) is 0.972. The fraction of sp³-hybridized carbons (Fsp3) is 0.368. The Morgan fingerprint density at radius 3 is 2.55 bits per heavy atom. The molecule has 1 amide bonds. The van der Waals surface area contributed by atoms with Crippen molar-refractivity contribution in [3.63, 3.8) is 0 Å². The van der Waals surface area contributed by atoms with Crippen LogP contribution < -0.4 is 0 Å². The highest BCUT2D eigenvalue weighted by Gasteiger charge is 2.60. The fourth-order valence-corrected chi connectivity index (χ4v) is 5.71. The molecule has 1 aromatic carbocycles. The number of fused-ring (bicyclic) bond motifs is 1. The second-order valence-corrected chi connectivity index (χ2v) is 9.54. The van der Waals surface area contributed by atoms with Gasteiger partial charge in [-0.05, 0) is 22.9 Å². The van der Waals surface area contributed by atoms with Gasteiger partial charge in [0.15, 0.2) is 21.3 Å². The van der Waals surface area contributed by atoms with Crippen LogP contribution in [0.4, 0.5) is 0 Å². The lowest BCUT2D eigenvalue weighted by atomic mass is 10.1. The zero-order valence-corrected chi connectivity index (χ0v) is 18.4. The van der Waals surface area contributed by atoms with Gasteiger partial charge in [-0.2, -0.15) is 4.80 Å². The Hall–Kier alpha value is -3.65. The Bertz CT molecular complexity index is 1270. The van der Waals surface area contributed by atoms with E-state index in [1.165, 1.54) is 31.0 Å². The van der Waals surface area contributed by atoms with Crippen LogP contribution in [0.5, 0.6) is 0 Å². The SMILES string of the molecule is CO[C@H]1C(=O)N2C(c3nnn(Cc4ccc(C(=O)O)cc4)n3)=C(COC(C)=O)CS(=O)(=O)[C@@H]12. The van der Waals surface area contributed by atoms with Gasteiger partial charge in [0.05, 0.1) is 23.6 Å². The Morgan fingerprint density at radius 1 is 1.24 bits per heavy atom. The van der Waals surface area contributed by atoms with Crippen LogP contribution in [-0.2, 0) is 35.4 Å². The maximum Gasteiger partial charge on any atom is 0.335 e. The van der Waals surface area contributed by atoms with Crippen LogP contribution in [0.1, 0.15) is 28.7 Å². The van der Waals surface area contributed by atoms with E-state index in [0.717, 1.165) is 4.90 Å². The van der Waals surface area contributed by atoms with Crippen LogP contribution in [-0.4, -0.2) is 87.4 Å². The summed E-state index contributed by atoms with van der Waals surface area (Å²) in [7, 11) is -2.56. The van der Waals surface area contributed by atoms with E-state index in [1.54, 1.807) is 12.1 Å². The van der Waals surface area contributed by atoms with Crippen LogP contribution in [0.25, 0.3) is 5.70 Å². The molecule has 1 fully saturated rings. The van der Waals surface area contributed by atoms with Crippen LogP contribution in [0, 0.1) is 0 Å². The van der Waals surface area contributed by atoms with E-state index in [-0.39, 0.29) is 35.8 Å². The molecule has 1 saturated heterocycles. The number of sulfone groups is 1. The molecular weight excluding hydrogens is 458 g/mol. The standard InChI is InChI=1S/C19H19N5O8S/c1-10(25)32-8-13-9-33(29,30)18-15(31-2)17(26)24(18)14(13)16-20-22-23(21-16)7-11-3-5-12(6-4-11)19(27)28/h3-6,15,18H,7-9H2,1-2H3,(H,27,28)/t15-,18-/m0/s1. The molecule has 0 bridgehead atoms. The predicted molar refractivity (Wildman–Crippen MR) is 109 cm³/mol. The minimum Gasteiger partial charge on any atom is -0.478 e. The molecule has 2 aliphatic rings. The number of benzene rings is 1. The molecule has 0 spiro atoms. The summed E-state index contributed by atoms with van der Waals surface area (Å²) in [5.74, 6) is -2.73. The number of methoxy groups -OCH3 is 1. The molecule has 4 rings (SSSR count). The van der Waals surface area contributed by atoms with Crippen molar-refractivity contribution in [1.82, 2.24) is 25.1 Å². The molecular formula is C19H19N5O8S. The number of β-lactam (4-membered cyclic amide) rings is 1. The number of carboxylic acid groups (broad SMARTS) is 1. The van der Waals surface area contributed by atoms with E-state index in [9.17, 15) is 22.8 Å². The van der Waals surface area contributed by atoms with Gasteiger partial charge in [0.1, 0.15) is 6.61 Å². The molecule has 1 aromatic heterocycles. The Labute approximate surface area is 187 Å². The third-order valence-electron chi connectivity index (χ3n) is 5.21. The summed E-state index contributed by atoms with van der Waals surface area (Å²) in [5.41, 5.74) is 1.09. The number of ether oxygens (including phenoxy) is 2. The number of hydrogen-bond donors (Lipinski definition) is 1. The number of aromatic nitrogens is 4. The van der Waals surface area contributed by atoms with Crippen molar-refractivity contribution in [2.45, 2.75) is 24.9 Å². The lowest BCUT2D eigenvalue weighted by molar-refractivity contribution is -0.156. The van der Waals surface area contributed by atoms with E-state index in [4.69, 9.17) is 14.6 Å². The van der Waals surface area contributed by atoms with Crippen molar-refractivity contribution in [2.75, 3.05) is 19.5 Å². The van der Waals surface area contributed by atoms with Gasteiger partial charge in [-0.25, -0.2) is 13.2 Å². The first-order valence-electron chi connectivity index (χ1n) is 9.65. The molecule has 33 heavy (non-hydrogen) atoms. The summed E-state index contributed by atoms with van der Waals surface area (Å²) in [5, 5.41) is 20.0. The molecule has 174 valence electrons. The van der Waals surface area contributed by atoms with E-state index >= 15 is 0 Å². The van der Waals surface area contributed by atoms with Gasteiger partial charge in [0.2, 0.25) is 5.82 Å². The fourth-order valence-electron chi connectivity index (χ4n) is 3.69. The van der Waals surface area contributed by atoms with E-state index in [2.05, 4.69) is 15.4 Å². The molecule has 1 N–H and O–H groups in total. The first kappa shape index (κ1) is 22.5. The monoisotopic (exact) mass is 477 g/mol. The van der Waals surface area contributed by atoms with E-state index < -0.39 is 44.9 Å². The average Bonchev–Trinajstić information content (AvgIpc) is 3.20. The Balaban J connectivity index is 1.68. The topological polar surface area (TPSA) is 171 Å². The number of rotatable bonds is 7. The second-order valence-electron chi connectivity index (χ2n) is 7.44. The van der Waals surface area contributed by atoms with Crippen LogP contribution in [0.15, 0.2) is 29.8 Å². The third kappa shape index (κ3) is 4.09. The van der Waals surface area contributed by atoms with Gasteiger partial charge in [-0.1, -0.05) is 12.1 Å². The highest BCUT2D eigenvalue weighted by molar-refractivity contribution is 7.92. The zero-order valence-electron chi connectivity index (χ0n) is 17.5. The van der Waals surface area contributed by atoms with E-state index in [0.29, 0.717) is 5.56 Å². The minimum atomic E-state index is -3.81. The Morgan fingerprint density at radius 2 is 1.94 bits per heavy atom. The van der Waals surface area contributed by atoms with Gasteiger partial charge in [-0.15, -0.1) is 10.2 Å². The number of tetrazole rings is 1. The summed E-state index contributed by atoms with van der Waals surface area (Å²) in [6, 6.07) is 6.08. The molecule has 3 heterocycles. The summed E-state index contributed by atoms with van der Waals surface area (Å²) >= 11 is 0. The van der Waals surface area contributed by atoms with Crippen LogP contribution >= 0.6 is 0 Å². The number of carboxylic acids is 1. The molecule has 2 aliphatic heterocycles. The van der Waals surface area contributed by atoms with Gasteiger partial charge < -0.3 is 14.6 Å². The zero-order chi connectivity index (χ0) is 23.9. The van der Waals surface area contributed by atoms with Gasteiger partial charge >= 0.3 is 11.9 Å². The molecule has 2 atom stereocenters. The van der Waals surface area contributed by atoms with Crippen LogP contribution in [0.3, 0.4) is 0 Å². The third-order valence-corrected chi connectivity index (χ3v) is 7.15. The highest BCUT2D eigenvalue weighted by Crippen LogP contribution is 2.41. The molecule has 13 nitrogen and oxygen atoms in total. The smallest absolute Gasteiger partial charge is 0.335 e. The second kappa shape index (κ2) is 8.37. The molecule has 14 heteroatoms. The lowest BCUT2D eigenvalue weighted by Gasteiger charge is -2.48. The number of amides is 1. The van der Waals surface area contributed by atoms with Crippen molar-refractivity contribution in [3.8, 4) is 0 Å². The number of carbonyl (C=O) groups is 3. The summed E-state index contributed by atoms with van der Waals surface area (Å²) in [4.78, 5) is 37.2. The average molecular weight is 477 g/mol. The number of aromatic carboxylic acids is 1. The van der Waals surface area contributed by atoms with Gasteiger partial charge in [-0.3, -0.25) is 14.5 Å². The quantitative estimate of drug-likeness (QED) is 0.395. The molecule has 0 aliphatic carbocycles. The lowest BCUT2D eigenvalue weighted by Crippen LogP contribution is -2.69. The van der Waals surface area contributed by atoms with E-state index in [1.807, 2.05) is 0 Å². The molecule has 0 saturated carbocycles. The summed E-state index contributed by atoms with van der Waals surface area (Å²) < 4.78 is 35.6. The van der Waals surface area contributed by atoms with Crippen molar-refractivity contribution in [1.29, 1.82) is 0 Å². The largest absolute Gasteiger partial charge is 0.478 e. The summed E-state index contributed by atoms with van der Waals surface area (Å²) in [6.07, 6.45) is -1.15.